The van der Waals surface area contributed by atoms with Crippen molar-refractivity contribution >= 4 is 11.7 Å². The third-order valence-corrected chi connectivity index (χ3v) is 1.91. The highest BCUT2D eigenvalue weighted by atomic mass is 16.2. The predicted octanol–water partition coefficient (Wildman–Crippen LogP) is 3.67. The van der Waals surface area contributed by atoms with Gasteiger partial charge >= 0.3 is 0 Å². The fraction of sp³-hybridized carbons (Fsp3) is 0.857. The van der Waals surface area contributed by atoms with Crippen molar-refractivity contribution in [1.82, 2.24) is 4.90 Å². The molecule has 1 aliphatic heterocycles. The molecule has 1 saturated heterocycles. The average Bonchev–Trinajstić information content (AvgIpc) is 2.44. The molecule has 0 aromatic rings. The lowest BCUT2D eigenvalue weighted by molar-refractivity contribution is -0.137. The Kier molecular flexibility index (Phi) is 22.1. The summed E-state index contributed by atoms with van der Waals surface area (Å²) >= 11 is 0. The van der Waals surface area contributed by atoms with E-state index in [4.69, 9.17) is 0 Å². The summed E-state index contributed by atoms with van der Waals surface area (Å²) in [5.41, 5.74) is 0. The van der Waals surface area contributed by atoms with Gasteiger partial charge in [-0.2, -0.15) is 0 Å². The number of rotatable bonds is 1. The third-order valence-electron chi connectivity index (χ3n) is 1.91. The molecule has 0 unspecified atom stereocenters. The van der Waals surface area contributed by atoms with Gasteiger partial charge in [0.1, 0.15) is 0 Å². The fourth-order valence-corrected chi connectivity index (χ4v) is 1.27. The molecule has 0 aromatic heterocycles. The van der Waals surface area contributed by atoms with E-state index in [1.165, 1.54) is 0 Å². The van der Waals surface area contributed by atoms with Crippen LogP contribution in [0.3, 0.4) is 0 Å². The van der Waals surface area contributed by atoms with Crippen molar-refractivity contribution in [2.24, 2.45) is 0 Å². The van der Waals surface area contributed by atoms with Gasteiger partial charge in [-0.1, -0.05) is 48.5 Å². The van der Waals surface area contributed by atoms with E-state index < -0.39 is 0 Å². The molecule has 0 aliphatic carbocycles. The second-order valence-electron chi connectivity index (χ2n) is 2.81. The van der Waals surface area contributed by atoms with Crippen LogP contribution in [0.5, 0.6) is 0 Å². The summed E-state index contributed by atoms with van der Waals surface area (Å²) in [5.74, 6) is 0.288. The van der Waals surface area contributed by atoms with Gasteiger partial charge in [-0.25, -0.2) is 0 Å². The number of ketones is 1. The fourth-order valence-electron chi connectivity index (χ4n) is 1.27. The molecule has 0 spiro atoms. The minimum Gasteiger partial charge on any atom is -0.335 e. The van der Waals surface area contributed by atoms with Gasteiger partial charge in [0.15, 0.2) is 5.78 Å². The maximum atomic E-state index is 11.1. The number of carbonyl (C=O) groups is 2. The van der Waals surface area contributed by atoms with Gasteiger partial charge < -0.3 is 4.90 Å². The van der Waals surface area contributed by atoms with Crippen molar-refractivity contribution in [3.05, 3.63) is 0 Å². The Morgan fingerprint density at radius 1 is 1.12 bits per heavy atom. The first kappa shape index (κ1) is 21.4. The lowest BCUT2D eigenvalue weighted by Gasteiger charge is -2.25. The summed E-state index contributed by atoms with van der Waals surface area (Å²) in [4.78, 5) is 23.6. The summed E-state index contributed by atoms with van der Waals surface area (Å²) in [6, 6.07) is 0. The Balaban J connectivity index is -0.000000285. The zero-order valence-corrected chi connectivity index (χ0v) is 12.8. The van der Waals surface area contributed by atoms with Gasteiger partial charge in [0.2, 0.25) is 5.91 Å². The van der Waals surface area contributed by atoms with E-state index in [1.54, 1.807) is 4.90 Å². The number of hydrogen-bond donors (Lipinski definition) is 0. The molecule has 3 heteroatoms. The van der Waals surface area contributed by atoms with Crippen LogP contribution in [0.1, 0.15) is 67.7 Å². The Hall–Kier alpha value is -0.860. The molecule has 0 radical (unpaired) electrons. The third kappa shape index (κ3) is 11.4. The number of piperidine rings is 1. The average molecular weight is 245 g/mol. The number of likely N-dealkylation sites (tertiary alicyclic amines) is 1. The normalized spacial score (nSPS) is 13.1. The molecule has 17 heavy (non-hydrogen) atoms. The van der Waals surface area contributed by atoms with Crippen LogP contribution in [-0.4, -0.2) is 29.7 Å². The molecule has 0 aromatic carbocycles. The van der Waals surface area contributed by atoms with Crippen molar-refractivity contribution in [1.29, 1.82) is 0 Å². The van der Waals surface area contributed by atoms with Crippen LogP contribution in [0, 0.1) is 0 Å². The first-order chi connectivity index (χ1) is 8.24. The van der Waals surface area contributed by atoms with Crippen molar-refractivity contribution in [2.45, 2.75) is 67.7 Å². The maximum Gasteiger partial charge on any atom is 0.222 e. The minimum atomic E-state index is 0.0954. The van der Waals surface area contributed by atoms with E-state index in [0.717, 1.165) is 13.0 Å². The first-order valence-electron chi connectivity index (χ1n) is 7.03. The number of carbonyl (C=O) groups excluding carboxylic acids is 2. The van der Waals surface area contributed by atoms with Gasteiger partial charge in [-0.05, 0) is 6.42 Å². The van der Waals surface area contributed by atoms with Gasteiger partial charge in [0.25, 0.3) is 0 Å². The van der Waals surface area contributed by atoms with Crippen LogP contribution >= 0.6 is 0 Å². The van der Waals surface area contributed by atoms with Crippen LogP contribution in [0.25, 0.3) is 0 Å². The van der Waals surface area contributed by atoms with E-state index in [-0.39, 0.29) is 11.7 Å². The van der Waals surface area contributed by atoms with Crippen LogP contribution in [-0.2, 0) is 9.59 Å². The summed E-state index contributed by atoms with van der Waals surface area (Å²) in [6.07, 6.45) is 1.99. The molecular weight excluding hydrogens is 214 g/mol. The predicted molar refractivity (Wildman–Crippen MR) is 75.2 cm³/mol. The lowest BCUT2D eigenvalue weighted by atomic mass is 10.1. The summed E-state index contributed by atoms with van der Waals surface area (Å²) in [7, 11) is 0. The highest BCUT2D eigenvalue weighted by Crippen LogP contribution is 2.06. The summed E-state index contributed by atoms with van der Waals surface area (Å²) < 4.78 is 0. The molecule has 0 N–H and O–H groups in total. The number of Topliss-reactive ketones (excluding diaryl/α,β-unsaturated/α-hetero) is 1. The van der Waals surface area contributed by atoms with Crippen molar-refractivity contribution in [3.8, 4) is 0 Å². The van der Waals surface area contributed by atoms with Gasteiger partial charge in [-0.3, -0.25) is 9.59 Å². The molecule has 1 fully saturated rings. The molecule has 3 nitrogen and oxygen atoms in total. The monoisotopic (exact) mass is 245 g/mol. The number of hydrogen-bond acceptors (Lipinski definition) is 2. The molecule has 0 saturated carbocycles. The summed E-state index contributed by atoms with van der Waals surface area (Å²) in [6.45, 7) is 14.9. The van der Waals surface area contributed by atoms with Crippen LogP contribution < -0.4 is 0 Å². The number of nitrogens with zero attached hydrogens (tertiary/aromatic N) is 1. The Morgan fingerprint density at radius 2 is 1.59 bits per heavy atom. The Morgan fingerprint density at radius 3 is 1.94 bits per heavy atom. The van der Waals surface area contributed by atoms with Gasteiger partial charge in [-0.15, -0.1) is 0 Å². The van der Waals surface area contributed by atoms with Gasteiger partial charge in [0, 0.05) is 19.4 Å². The standard InChI is InChI=1S/C8H13NO2.3C2H6/c1-2-8(11)9-5-3-4-7(10)6-9;3*1-2/h2-6H2,1H3;3*1-2H3. The molecule has 1 heterocycles. The molecule has 1 amide bonds. The smallest absolute Gasteiger partial charge is 0.222 e. The lowest BCUT2D eigenvalue weighted by Crippen LogP contribution is -2.39. The van der Waals surface area contributed by atoms with E-state index in [1.807, 2.05) is 48.5 Å². The molecule has 104 valence electrons. The quantitative estimate of drug-likeness (QED) is 0.707. The van der Waals surface area contributed by atoms with Crippen molar-refractivity contribution in [2.75, 3.05) is 13.1 Å². The Labute approximate surface area is 108 Å². The van der Waals surface area contributed by atoms with Crippen molar-refractivity contribution < 1.29 is 9.59 Å². The van der Waals surface area contributed by atoms with Crippen LogP contribution in [0.4, 0.5) is 0 Å². The van der Waals surface area contributed by atoms with Crippen molar-refractivity contribution in [3.63, 3.8) is 0 Å². The van der Waals surface area contributed by atoms with Gasteiger partial charge in [0.05, 0.1) is 6.54 Å². The second kappa shape index (κ2) is 17.5. The highest BCUT2D eigenvalue weighted by molar-refractivity contribution is 5.87. The SMILES string of the molecule is CC.CC.CC.CCC(=O)N1CCCC(=O)C1. The van der Waals surface area contributed by atoms with Crippen LogP contribution in [0.15, 0.2) is 0 Å². The van der Waals surface area contributed by atoms with E-state index in [9.17, 15) is 9.59 Å². The van der Waals surface area contributed by atoms with Crippen LogP contribution in [0.2, 0.25) is 0 Å². The maximum absolute atomic E-state index is 11.1. The Bertz CT molecular complexity index is 179. The first-order valence-corrected chi connectivity index (χ1v) is 7.03. The van der Waals surface area contributed by atoms with E-state index in [0.29, 0.717) is 19.4 Å². The zero-order valence-electron chi connectivity index (χ0n) is 12.8. The second-order valence-corrected chi connectivity index (χ2v) is 2.81. The zero-order chi connectivity index (χ0) is 14.3. The summed E-state index contributed by atoms with van der Waals surface area (Å²) in [5, 5.41) is 0. The topological polar surface area (TPSA) is 37.4 Å². The molecule has 1 rings (SSSR count). The molecular formula is C14H31NO2. The number of amides is 1. The minimum absolute atomic E-state index is 0.0954. The molecule has 0 atom stereocenters. The molecule has 0 bridgehead atoms. The van der Waals surface area contributed by atoms with E-state index in [2.05, 4.69) is 0 Å². The van der Waals surface area contributed by atoms with E-state index >= 15 is 0 Å². The molecule has 1 aliphatic rings. The highest BCUT2D eigenvalue weighted by Gasteiger charge is 2.19. The largest absolute Gasteiger partial charge is 0.335 e.